The number of amides is 2. The minimum atomic E-state index is -0.542. The van der Waals surface area contributed by atoms with Crippen LogP contribution in [0.4, 0.5) is 5.69 Å². The van der Waals surface area contributed by atoms with Gasteiger partial charge in [0.1, 0.15) is 17.4 Å². The third-order valence-electron chi connectivity index (χ3n) is 5.19. The molecule has 0 spiro atoms. The summed E-state index contributed by atoms with van der Waals surface area (Å²) in [7, 11) is 1.62. The van der Waals surface area contributed by atoms with Crippen LogP contribution in [0.15, 0.2) is 60.2 Å². The number of rotatable bonds is 7. The van der Waals surface area contributed by atoms with Crippen LogP contribution in [-0.4, -0.2) is 30.0 Å². The first kappa shape index (κ1) is 23.4. The second-order valence-electron chi connectivity index (χ2n) is 7.42. The molecule has 0 saturated heterocycles. The van der Waals surface area contributed by atoms with Gasteiger partial charge in [0.2, 0.25) is 0 Å². The fourth-order valence-corrected chi connectivity index (χ4v) is 3.57. The molecule has 168 valence electrons. The highest BCUT2D eigenvalue weighted by Crippen LogP contribution is 2.24. The molecular formula is C26H26N4O3. The molecule has 0 aliphatic heterocycles. The van der Waals surface area contributed by atoms with Gasteiger partial charge < -0.3 is 19.9 Å². The molecule has 0 unspecified atom stereocenters. The van der Waals surface area contributed by atoms with Gasteiger partial charge in [0.15, 0.2) is 0 Å². The standard InChI is InChI=1S/C26H26N4O3/c1-5-28-25(31)19-7-6-8-22(15-19)29-26(32)21(16-27)14-20-13-17(2)30(18(20)3)23-9-11-24(33-4)12-10-23/h6-15H,5H2,1-4H3,(H,28,31)(H,29,32)/b21-14-. The van der Waals surface area contributed by atoms with Crippen LogP contribution in [0.1, 0.15) is 34.2 Å². The molecule has 0 radical (unpaired) electrons. The molecule has 0 bridgehead atoms. The zero-order valence-corrected chi connectivity index (χ0v) is 19.1. The number of hydrogen-bond donors (Lipinski definition) is 2. The summed E-state index contributed by atoms with van der Waals surface area (Å²) in [4.78, 5) is 24.8. The Kier molecular flexibility index (Phi) is 7.31. The number of carbonyl (C=O) groups is 2. The van der Waals surface area contributed by atoms with E-state index < -0.39 is 5.91 Å². The Labute approximate surface area is 193 Å². The second kappa shape index (κ2) is 10.3. The minimum Gasteiger partial charge on any atom is -0.497 e. The summed E-state index contributed by atoms with van der Waals surface area (Å²) >= 11 is 0. The van der Waals surface area contributed by atoms with E-state index in [2.05, 4.69) is 10.6 Å². The molecule has 0 fully saturated rings. The number of benzene rings is 2. The molecule has 3 rings (SSSR count). The summed E-state index contributed by atoms with van der Waals surface area (Å²) in [6.07, 6.45) is 1.57. The van der Waals surface area contributed by atoms with Gasteiger partial charge in [-0.2, -0.15) is 5.26 Å². The van der Waals surface area contributed by atoms with Crippen LogP contribution in [0.2, 0.25) is 0 Å². The van der Waals surface area contributed by atoms with Crippen molar-refractivity contribution in [2.45, 2.75) is 20.8 Å². The average molecular weight is 443 g/mol. The van der Waals surface area contributed by atoms with Crippen LogP contribution < -0.4 is 15.4 Å². The van der Waals surface area contributed by atoms with Crippen molar-refractivity contribution in [2.75, 3.05) is 19.0 Å². The number of carbonyl (C=O) groups excluding carboxylic acids is 2. The Bertz CT molecular complexity index is 1250. The summed E-state index contributed by atoms with van der Waals surface area (Å²) in [5, 5.41) is 15.0. The van der Waals surface area contributed by atoms with Gasteiger partial charge in [-0.1, -0.05) is 6.07 Å². The molecule has 3 aromatic rings. The number of methoxy groups -OCH3 is 1. The van der Waals surface area contributed by atoms with Crippen molar-refractivity contribution in [3.8, 4) is 17.5 Å². The van der Waals surface area contributed by atoms with Crippen molar-refractivity contribution in [1.29, 1.82) is 5.26 Å². The molecule has 0 aliphatic rings. The van der Waals surface area contributed by atoms with Gasteiger partial charge in [0, 0.05) is 34.9 Å². The molecule has 0 saturated carbocycles. The minimum absolute atomic E-state index is 0.0339. The number of ether oxygens (including phenoxy) is 1. The fourth-order valence-electron chi connectivity index (χ4n) is 3.57. The van der Waals surface area contributed by atoms with Gasteiger partial charge in [-0.3, -0.25) is 9.59 Å². The molecule has 2 aromatic carbocycles. The lowest BCUT2D eigenvalue weighted by Crippen LogP contribution is -2.22. The molecule has 7 nitrogen and oxygen atoms in total. The first-order valence-electron chi connectivity index (χ1n) is 10.5. The molecule has 0 atom stereocenters. The van der Waals surface area contributed by atoms with E-state index in [1.165, 1.54) is 0 Å². The van der Waals surface area contributed by atoms with E-state index in [-0.39, 0.29) is 11.5 Å². The molecular weight excluding hydrogens is 416 g/mol. The molecule has 33 heavy (non-hydrogen) atoms. The first-order chi connectivity index (χ1) is 15.9. The van der Waals surface area contributed by atoms with E-state index in [1.807, 2.05) is 61.7 Å². The lowest BCUT2D eigenvalue weighted by atomic mass is 10.1. The average Bonchev–Trinajstić information content (AvgIpc) is 3.10. The third kappa shape index (κ3) is 5.31. The van der Waals surface area contributed by atoms with E-state index in [0.717, 1.165) is 28.4 Å². The molecule has 1 aromatic heterocycles. The van der Waals surface area contributed by atoms with Crippen molar-refractivity contribution in [1.82, 2.24) is 9.88 Å². The van der Waals surface area contributed by atoms with Crippen molar-refractivity contribution in [2.24, 2.45) is 0 Å². The quantitative estimate of drug-likeness (QED) is 0.419. The van der Waals surface area contributed by atoms with Crippen LogP contribution in [0.5, 0.6) is 5.75 Å². The second-order valence-corrected chi connectivity index (χ2v) is 7.42. The van der Waals surface area contributed by atoms with Gasteiger partial charge in [-0.15, -0.1) is 0 Å². The highest BCUT2D eigenvalue weighted by molar-refractivity contribution is 6.10. The van der Waals surface area contributed by atoms with E-state index in [1.54, 1.807) is 37.5 Å². The fraction of sp³-hybridized carbons (Fsp3) is 0.192. The maximum Gasteiger partial charge on any atom is 0.266 e. The van der Waals surface area contributed by atoms with Crippen LogP contribution in [0.25, 0.3) is 11.8 Å². The number of nitrogens with zero attached hydrogens (tertiary/aromatic N) is 2. The Morgan fingerprint density at radius 3 is 2.48 bits per heavy atom. The van der Waals surface area contributed by atoms with Gasteiger partial charge in [0.25, 0.3) is 11.8 Å². The summed E-state index contributed by atoms with van der Waals surface area (Å²) in [5.74, 6) is -0.00330. The van der Waals surface area contributed by atoms with E-state index in [9.17, 15) is 14.9 Å². The Balaban J connectivity index is 1.86. The summed E-state index contributed by atoms with van der Waals surface area (Å²) < 4.78 is 7.27. The summed E-state index contributed by atoms with van der Waals surface area (Å²) in [6.45, 7) is 6.24. The third-order valence-corrected chi connectivity index (χ3v) is 5.19. The highest BCUT2D eigenvalue weighted by Gasteiger charge is 2.15. The van der Waals surface area contributed by atoms with Crippen LogP contribution in [0, 0.1) is 25.2 Å². The SMILES string of the molecule is CCNC(=O)c1cccc(NC(=O)/C(C#N)=C\c2cc(C)n(-c3ccc(OC)cc3)c2C)c1. The lowest BCUT2D eigenvalue weighted by Gasteiger charge is -2.10. The number of nitrogens with one attached hydrogen (secondary N) is 2. The van der Waals surface area contributed by atoms with Gasteiger partial charge in [-0.25, -0.2) is 0 Å². The molecule has 2 amide bonds. The van der Waals surface area contributed by atoms with Crippen LogP contribution in [-0.2, 0) is 4.79 Å². The predicted octanol–water partition coefficient (Wildman–Crippen LogP) is 4.40. The van der Waals surface area contributed by atoms with Crippen molar-refractivity contribution in [3.63, 3.8) is 0 Å². The molecule has 1 heterocycles. The number of aromatic nitrogens is 1. The maximum absolute atomic E-state index is 12.8. The first-order valence-corrected chi connectivity index (χ1v) is 10.5. The van der Waals surface area contributed by atoms with E-state index in [4.69, 9.17) is 4.74 Å². The monoisotopic (exact) mass is 442 g/mol. The zero-order chi connectivity index (χ0) is 24.0. The van der Waals surface area contributed by atoms with E-state index in [0.29, 0.717) is 17.8 Å². The molecule has 2 N–H and O–H groups in total. The van der Waals surface area contributed by atoms with Crippen molar-refractivity contribution >= 4 is 23.6 Å². The van der Waals surface area contributed by atoms with E-state index >= 15 is 0 Å². The Hall–Kier alpha value is -4.31. The Morgan fingerprint density at radius 2 is 1.85 bits per heavy atom. The number of anilines is 1. The number of aryl methyl sites for hydroxylation is 1. The van der Waals surface area contributed by atoms with Crippen LogP contribution >= 0.6 is 0 Å². The lowest BCUT2D eigenvalue weighted by molar-refractivity contribution is -0.112. The van der Waals surface area contributed by atoms with Crippen LogP contribution in [0.3, 0.4) is 0 Å². The predicted molar refractivity (Wildman–Crippen MR) is 128 cm³/mol. The number of hydrogen-bond acceptors (Lipinski definition) is 4. The maximum atomic E-state index is 12.8. The van der Waals surface area contributed by atoms with Crippen molar-refractivity contribution in [3.05, 3.63) is 82.7 Å². The zero-order valence-electron chi connectivity index (χ0n) is 19.1. The summed E-state index contributed by atoms with van der Waals surface area (Å²) in [6, 6.07) is 18.2. The smallest absolute Gasteiger partial charge is 0.266 e. The largest absolute Gasteiger partial charge is 0.497 e. The number of nitriles is 1. The van der Waals surface area contributed by atoms with Gasteiger partial charge in [-0.05, 0) is 80.9 Å². The highest BCUT2D eigenvalue weighted by atomic mass is 16.5. The Morgan fingerprint density at radius 1 is 1.12 bits per heavy atom. The van der Waals surface area contributed by atoms with Crippen molar-refractivity contribution < 1.29 is 14.3 Å². The summed E-state index contributed by atoms with van der Waals surface area (Å²) in [5.41, 5.74) is 4.43. The molecule has 7 heteroatoms. The normalized spacial score (nSPS) is 10.9. The van der Waals surface area contributed by atoms with Gasteiger partial charge in [0.05, 0.1) is 7.11 Å². The topological polar surface area (TPSA) is 96.2 Å². The molecule has 0 aliphatic carbocycles. The van der Waals surface area contributed by atoms with Gasteiger partial charge >= 0.3 is 0 Å².